The fraction of sp³-hybridized carbons (Fsp3) is 0.474. The zero-order valence-corrected chi connectivity index (χ0v) is 17.0. The first-order valence-corrected chi connectivity index (χ1v) is 10.2. The maximum Gasteiger partial charge on any atom is 0.271 e. The molecule has 3 N–H and O–H groups in total. The standard InChI is InChI=1S/C19H25N5O3S/c1-19(2,3)21-17(26)15-10-28-11-23(15)18(27)13-9-14(16(20)25)24(22-13)12-7-5-4-6-8-12/h4-8,14-15H,9-11H2,1-3H3,(H2,20,25)(H,21,26). The number of carbonyl (C=O) groups is 3. The number of anilines is 1. The van der Waals surface area contributed by atoms with Crippen molar-refractivity contribution in [2.75, 3.05) is 16.6 Å². The highest BCUT2D eigenvalue weighted by atomic mass is 32.2. The molecule has 9 heteroatoms. The number of hydrogen-bond acceptors (Lipinski definition) is 6. The third-order valence-corrected chi connectivity index (χ3v) is 5.46. The van der Waals surface area contributed by atoms with E-state index in [1.807, 2.05) is 39.0 Å². The topological polar surface area (TPSA) is 108 Å². The van der Waals surface area contributed by atoms with Crippen molar-refractivity contribution in [3.05, 3.63) is 30.3 Å². The largest absolute Gasteiger partial charge is 0.368 e. The molecule has 1 fully saturated rings. The Morgan fingerprint density at radius 1 is 1.18 bits per heavy atom. The molecule has 0 spiro atoms. The summed E-state index contributed by atoms with van der Waals surface area (Å²) >= 11 is 1.52. The van der Waals surface area contributed by atoms with Crippen molar-refractivity contribution in [2.24, 2.45) is 10.8 Å². The van der Waals surface area contributed by atoms with Gasteiger partial charge in [0.15, 0.2) is 0 Å². The SMILES string of the molecule is CC(C)(C)NC(=O)C1CSCN1C(=O)C1=NN(c2ccccc2)C(C(N)=O)C1. The van der Waals surface area contributed by atoms with Gasteiger partial charge in [-0.15, -0.1) is 11.8 Å². The van der Waals surface area contributed by atoms with E-state index in [4.69, 9.17) is 5.73 Å². The molecule has 0 aromatic heterocycles. The van der Waals surface area contributed by atoms with Crippen LogP contribution in [0.3, 0.4) is 0 Å². The average Bonchev–Trinajstić information content (AvgIpc) is 3.28. The van der Waals surface area contributed by atoms with Crippen LogP contribution in [0.1, 0.15) is 27.2 Å². The first kappa shape index (κ1) is 20.2. The van der Waals surface area contributed by atoms with Gasteiger partial charge in [-0.1, -0.05) is 18.2 Å². The molecule has 150 valence electrons. The van der Waals surface area contributed by atoms with E-state index in [-0.39, 0.29) is 29.5 Å². The third-order valence-electron chi connectivity index (χ3n) is 4.45. The Bertz CT molecular complexity index is 806. The molecule has 1 aromatic rings. The Kier molecular flexibility index (Phi) is 5.64. The van der Waals surface area contributed by atoms with Crippen LogP contribution in [0, 0.1) is 0 Å². The van der Waals surface area contributed by atoms with Gasteiger partial charge in [-0.2, -0.15) is 5.10 Å². The summed E-state index contributed by atoms with van der Waals surface area (Å²) in [7, 11) is 0. The van der Waals surface area contributed by atoms with Crippen LogP contribution in [0.25, 0.3) is 0 Å². The maximum absolute atomic E-state index is 13.1. The second-order valence-corrected chi connectivity index (χ2v) is 8.88. The van der Waals surface area contributed by atoms with Crippen molar-refractivity contribution in [1.82, 2.24) is 10.2 Å². The molecular weight excluding hydrogens is 378 g/mol. The van der Waals surface area contributed by atoms with Gasteiger partial charge in [0.25, 0.3) is 5.91 Å². The average molecular weight is 404 g/mol. The number of carbonyl (C=O) groups excluding carboxylic acids is 3. The molecule has 2 atom stereocenters. The number of amides is 3. The van der Waals surface area contributed by atoms with E-state index in [0.717, 1.165) is 0 Å². The first-order chi connectivity index (χ1) is 13.2. The summed E-state index contributed by atoms with van der Waals surface area (Å²) in [6.07, 6.45) is 0.123. The van der Waals surface area contributed by atoms with Gasteiger partial charge in [-0.25, -0.2) is 0 Å². The second kappa shape index (κ2) is 7.83. The van der Waals surface area contributed by atoms with Crippen molar-refractivity contribution < 1.29 is 14.4 Å². The summed E-state index contributed by atoms with van der Waals surface area (Å²) in [5, 5.41) is 8.81. The molecule has 2 aliphatic heterocycles. The number of thioether (sulfide) groups is 1. The van der Waals surface area contributed by atoms with Gasteiger partial charge in [0, 0.05) is 17.7 Å². The normalized spacial score (nSPS) is 22.2. The van der Waals surface area contributed by atoms with Crippen LogP contribution in [0.5, 0.6) is 0 Å². The van der Waals surface area contributed by atoms with Crippen LogP contribution in [-0.2, 0) is 14.4 Å². The number of nitrogens with zero attached hydrogens (tertiary/aromatic N) is 3. The summed E-state index contributed by atoms with van der Waals surface area (Å²) < 4.78 is 0. The van der Waals surface area contributed by atoms with E-state index in [2.05, 4.69) is 10.4 Å². The van der Waals surface area contributed by atoms with Gasteiger partial charge in [-0.3, -0.25) is 19.4 Å². The maximum atomic E-state index is 13.1. The molecule has 8 nitrogen and oxygen atoms in total. The minimum atomic E-state index is -0.724. The third kappa shape index (κ3) is 4.30. The van der Waals surface area contributed by atoms with Gasteiger partial charge in [0.05, 0.1) is 11.6 Å². The number of nitrogens with one attached hydrogen (secondary N) is 1. The molecule has 2 heterocycles. The van der Waals surface area contributed by atoms with Gasteiger partial charge < -0.3 is 16.0 Å². The first-order valence-electron chi connectivity index (χ1n) is 9.09. The number of rotatable bonds is 4. The van der Waals surface area contributed by atoms with E-state index < -0.39 is 18.0 Å². The molecule has 2 unspecified atom stereocenters. The number of benzene rings is 1. The van der Waals surface area contributed by atoms with Crippen molar-refractivity contribution in [3.63, 3.8) is 0 Å². The molecule has 2 aliphatic rings. The van der Waals surface area contributed by atoms with Gasteiger partial charge in [-0.05, 0) is 32.9 Å². The number of primary amides is 1. The van der Waals surface area contributed by atoms with Gasteiger partial charge in [0.1, 0.15) is 17.8 Å². The Hall–Kier alpha value is -2.55. The van der Waals surface area contributed by atoms with Crippen molar-refractivity contribution in [1.29, 1.82) is 0 Å². The highest BCUT2D eigenvalue weighted by molar-refractivity contribution is 7.99. The molecule has 0 aliphatic carbocycles. The van der Waals surface area contributed by atoms with Crippen LogP contribution in [0.2, 0.25) is 0 Å². The van der Waals surface area contributed by atoms with Crippen LogP contribution in [0.15, 0.2) is 35.4 Å². The number of hydrogen-bond donors (Lipinski definition) is 2. The fourth-order valence-electron chi connectivity index (χ4n) is 3.16. The van der Waals surface area contributed by atoms with Crippen LogP contribution >= 0.6 is 11.8 Å². The minimum absolute atomic E-state index is 0.123. The zero-order chi connectivity index (χ0) is 20.5. The lowest BCUT2D eigenvalue weighted by Crippen LogP contribution is -2.53. The van der Waals surface area contributed by atoms with E-state index in [1.165, 1.54) is 21.7 Å². The highest BCUT2D eigenvalue weighted by Gasteiger charge is 2.41. The monoisotopic (exact) mass is 403 g/mol. The van der Waals surface area contributed by atoms with Crippen LogP contribution < -0.4 is 16.1 Å². The Morgan fingerprint density at radius 3 is 2.46 bits per heavy atom. The lowest BCUT2D eigenvalue weighted by Gasteiger charge is -2.27. The predicted molar refractivity (Wildman–Crippen MR) is 110 cm³/mol. The van der Waals surface area contributed by atoms with Crippen LogP contribution in [-0.4, -0.2) is 57.6 Å². The summed E-state index contributed by atoms with van der Waals surface area (Å²) in [4.78, 5) is 39.1. The predicted octanol–water partition coefficient (Wildman–Crippen LogP) is 0.923. The van der Waals surface area contributed by atoms with Crippen LogP contribution in [0.4, 0.5) is 5.69 Å². The smallest absolute Gasteiger partial charge is 0.271 e. The summed E-state index contributed by atoms with van der Waals surface area (Å²) in [5.41, 5.74) is 6.08. The molecule has 0 saturated carbocycles. The van der Waals surface area contributed by atoms with Gasteiger partial charge in [0.2, 0.25) is 11.8 Å². The minimum Gasteiger partial charge on any atom is -0.368 e. The number of para-hydroxylation sites is 1. The Labute approximate surface area is 168 Å². The summed E-state index contributed by atoms with van der Waals surface area (Å²) in [5.74, 6) is -0.123. The molecule has 1 saturated heterocycles. The second-order valence-electron chi connectivity index (χ2n) is 7.88. The summed E-state index contributed by atoms with van der Waals surface area (Å²) in [6.45, 7) is 5.69. The molecule has 3 rings (SSSR count). The molecule has 28 heavy (non-hydrogen) atoms. The van der Waals surface area contributed by atoms with Crippen molar-refractivity contribution >= 4 is 40.9 Å². The van der Waals surface area contributed by atoms with E-state index in [9.17, 15) is 14.4 Å². The highest BCUT2D eigenvalue weighted by Crippen LogP contribution is 2.27. The van der Waals surface area contributed by atoms with E-state index in [0.29, 0.717) is 17.3 Å². The van der Waals surface area contributed by atoms with Gasteiger partial charge >= 0.3 is 0 Å². The molecular formula is C19H25N5O3S. The Balaban J connectivity index is 1.81. The lowest BCUT2D eigenvalue weighted by molar-refractivity contribution is -0.134. The number of nitrogens with two attached hydrogens (primary N) is 1. The van der Waals surface area contributed by atoms with E-state index >= 15 is 0 Å². The molecule has 0 bridgehead atoms. The van der Waals surface area contributed by atoms with Crippen molar-refractivity contribution in [2.45, 2.75) is 44.8 Å². The zero-order valence-electron chi connectivity index (χ0n) is 16.2. The quantitative estimate of drug-likeness (QED) is 0.777. The lowest BCUT2D eigenvalue weighted by atomic mass is 10.1. The molecule has 3 amide bonds. The Morgan fingerprint density at radius 2 is 1.86 bits per heavy atom. The summed E-state index contributed by atoms with van der Waals surface area (Å²) in [6, 6.07) is 7.83. The number of hydrazone groups is 1. The van der Waals surface area contributed by atoms with E-state index in [1.54, 1.807) is 12.1 Å². The molecule has 1 aromatic carbocycles. The van der Waals surface area contributed by atoms with Crippen molar-refractivity contribution in [3.8, 4) is 0 Å². The fourth-order valence-corrected chi connectivity index (χ4v) is 4.31. The molecule has 0 radical (unpaired) electrons.